The van der Waals surface area contributed by atoms with Gasteiger partial charge < -0.3 is 25.2 Å². The number of nitrogens with one attached hydrogen (secondary N) is 2. The molecule has 3 aliphatic rings. The minimum atomic E-state index is -0.449. The van der Waals surface area contributed by atoms with Gasteiger partial charge >= 0.3 is 0 Å². The second kappa shape index (κ2) is 11.3. The summed E-state index contributed by atoms with van der Waals surface area (Å²) in [5, 5.41) is 21.8. The molecule has 8 rings (SSSR count). The largest absolute Gasteiger partial charge is 0.394 e. The van der Waals surface area contributed by atoms with E-state index in [0.717, 1.165) is 50.3 Å². The number of anilines is 3. The van der Waals surface area contributed by atoms with Crippen molar-refractivity contribution in [3.63, 3.8) is 0 Å². The number of hydrogen-bond acceptors (Lipinski definition) is 11. The molecule has 2 bridgehead atoms. The van der Waals surface area contributed by atoms with Crippen LogP contribution in [-0.2, 0) is 19.0 Å². The van der Waals surface area contributed by atoms with Crippen LogP contribution >= 0.6 is 0 Å². The van der Waals surface area contributed by atoms with Crippen LogP contribution in [0, 0.1) is 0 Å². The van der Waals surface area contributed by atoms with Crippen LogP contribution in [0.5, 0.6) is 0 Å². The van der Waals surface area contributed by atoms with Crippen molar-refractivity contribution >= 4 is 28.6 Å². The summed E-state index contributed by atoms with van der Waals surface area (Å²) in [4.78, 5) is 34.1. The third kappa shape index (κ3) is 4.93. The molecule has 0 amide bonds. The number of rotatable bonds is 10. The van der Waals surface area contributed by atoms with E-state index >= 15 is 0 Å². The topological polar surface area (TPSA) is 152 Å². The van der Waals surface area contributed by atoms with Crippen molar-refractivity contribution in [2.45, 2.75) is 37.3 Å². The first-order valence-corrected chi connectivity index (χ1v) is 14.8. The Kier molecular flexibility index (Phi) is 7.18. The number of aryl methyl sites for hydroxylation is 1. The van der Waals surface area contributed by atoms with Crippen LogP contribution < -0.4 is 16.2 Å². The maximum Gasteiger partial charge on any atom is 0.276 e. The van der Waals surface area contributed by atoms with Gasteiger partial charge in [0.1, 0.15) is 17.2 Å². The molecule has 0 aliphatic carbocycles. The van der Waals surface area contributed by atoms with Crippen molar-refractivity contribution in [1.82, 2.24) is 39.4 Å². The second-order valence-corrected chi connectivity index (χ2v) is 11.4. The first kappa shape index (κ1) is 27.9. The van der Waals surface area contributed by atoms with E-state index in [2.05, 4.69) is 37.2 Å². The monoisotopic (exact) mass is 594 g/mol. The molecule has 3 saturated heterocycles. The number of hydrogen-bond donors (Lipinski definition) is 3. The summed E-state index contributed by atoms with van der Waals surface area (Å²) >= 11 is 0. The summed E-state index contributed by atoms with van der Waals surface area (Å²) in [6.45, 7) is 7.08. The first-order chi connectivity index (χ1) is 21.5. The summed E-state index contributed by atoms with van der Waals surface area (Å²) in [6, 6.07) is 12.6. The molecular formula is C31H34N10O3. The Morgan fingerprint density at radius 1 is 1.09 bits per heavy atom. The van der Waals surface area contributed by atoms with E-state index in [1.807, 2.05) is 30.3 Å². The van der Waals surface area contributed by atoms with E-state index in [4.69, 9.17) is 14.5 Å². The molecule has 1 atom stereocenters. The lowest BCUT2D eigenvalue weighted by molar-refractivity contribution is 0.0747. The molecule has 44 heavy (non-hydrogen) atoms. The molecule has 13 heteroatoms. The number of aliphatic hydroxyl groups excluding tert-OH is 1. The van der Waals surface area contributed by atoms with Crippen LogP contribution in [0.2, 0.25) is 0 Å². The average Bonchev–Trinajstić information content (AvgIpc) is 3.66. The Bertz CT molecular complexity index is 1860. The minimum Gasteiger partial charge on any atom is -0.394 e. The van der Waals surface area contributed by atoms with E-state index in [1.54, 1.807) is 40.8 Å². The van der Waals surface area contributed by atoms with Crippen molar-refractivity contribution < 1.29 is 9.63 Å². The molecule has 3 fully saturated rings. The van der Waals surface area contributed by atoms with Crippen molar-refractivity contribution in [2.24, 2.45) is 7.05 Å². The van der Waals surface area contributed by atoms with E-state index in [-0.39, 0.29) is 23.5 Å². The highest BCUT2D eigenvalue weighted by Crippen LogP contribution is 2.42. The molecule has 0 saturated carbocycles. The fraction of sp³-hybridized carbons (Fsp3) is 0.355. The summed E-state index contributed by atoms with van der Waals surface area (Å²) in [6.07, 6.45) is 6.33. The molecule has 7 heterocycles. The van der Waals surface area contributed by atoms with Crippen LogP contribution in [0.15, 0.2) is 70.6 Å². The van der Waals surface area contributed by atoms with Gasteiger partial charge in [0.15, 0.2) is 11.5 Å². The molecule has 1 aromatic carbocycles. The molecular weight excluding hydrogens is 560 g/mol. The maximum atomic E-state index is 12.8. The molecule has 0 spiro atoms. The third-order valence-electron chi connectivity index (χ3n) is 8.89. The van der Waals surface area contributed by atoms with Gasteiger partial charge in [-0.2, -0.15) is 9.97 Å². The van der Waals surface area contributed by atoms with Crippen LogP contribution in [-0.4, -0.2) is 70.7 Å². The molecule has 226 valence electrons. The zero-order valence-electron chi connectivity index (χ0n) is 24.5. The van der Waals surface area contributed by atoms with Gasteiger partial charge in [0.2, 0.25) is 5.95 Å². The fourth-order valence-corrected chi connectivity index (χ4v) is 6.27. The molecule has 4 aromatic heterocycles. The summed E-state index contributed by atoms with van der Waals surface area (Å²) in [7, 11) is 1.78. The van der Waals surface area contributed by atoms with Crippen LogP contribution in [0.25, 0.3) is 22.5 Å². The Labute approximate surface area is 253 Å². The molecule has 5 aromatic rings. The van der Waals surface area contributed by atoms with Crippen LogP contribution in [0.1, 0.15) is 36.7 Å². The summed E-state index contributed by atoms with van der Waals surface area (Å²) < 4.78 is 9.10. The van der Waals surface area contributed by atoms with Gasteiger partial charge in [0, 0.05) is 18.7 Å². The van der Waals surface area contributed by atoms with Gasteiger partial charge in [-0.15, -0.1) is 6.58 Å². The number of nitrogens with zero attached hydrogens (tertiary/aromatic N) is 8. The van der Waals surface area contributed by atoms with Crippen molar-refractivity contribution in [3.8, 4) is 11.5 Å². The molecule has 3 aliphatic heterocycles. The fourth-order valence-electron chi connectivity index (χ4n) is 6.27. The second-order valence-electron chi connectivity index (χ2n) is 11.4. The van der Waals surface area contributed by atoms with Gasteiger partial charge in [-0.3, -0.25) is 9.48 Å². The number of allylic oxidation sites excluding steroid dienone is 1. The zero-order chi connectivity index (χ0) is 30.3. The average molecular weight is 595 g/mol. The van der Waals surface area contributed by atoms with Crippen molar-refractivity contribution in [3.05, 3.63) is 83.1 Å². The number of aliphatic hydroxyl groups is 1. The Morgan fingerprint density at radius 3 is 2.59 bits per heavy atom. The van der Waals surface area contributed by atoms with Gasteiger partial charge in [0.05, 0.1) is 24.6 Å². The lowest BCUT2D eigenvalue weighted by Gasteiger charge is -2.46. The standard InChI is InChI=1S/C31H34N10O3/c1-3-14-41-28(43)21-9-10-24(34-26(21)39(41)2)35-30-32-18-22(25(36-30)33-23(19-42)20-7-5-4-6-8-20)27-37-29(38-44-27)31-11-15-40(16-12-31)17-13-31/h3-10,18,23,42H,1,11-17,19H2,2H3,(H2,32,33,34,35,36)/t23-/m1/s1. The Morgan fingerprint density at radius 2 is 1.86 bits per heavy atom. The summed E-state index contributed by atoms with van der Waals surface area (Å²) in [5.74, 6) is 2.20. The van der Waals surface area contributed by atoms with Gasteiger partial charge in [-0.1, -0.05) is 41.6 Å². The first-order valence-electron chi connectivity index (χ1n) is 14.8. The Balaban J connectivity index is 1.24. The highest BCUT2D eigenvalue weighted by atomic mass is 16.5. The van der Waals surface area contributed by atoms with E-state index in [0.29, 0.717) is 40.7 Å². The molecule has 0 unspecified atom stereocenters. The van der Waals surface area contributed by atoms with Gasteiger partial charge in [-0.05, 0) is 56.6 Å². The lowest BCUT2D eigenvalue weighted by Crippen LogP contribution is -2.51. The van der Waals surface area contributed by atoms with Crippen LogP contribution in [0.3, 0.4) is 0 Å². The summed E-state index contributed by atoms with van der Waals surface area (Å²) in [5.41, 5.74) is 1.74. The highest BCUT2D eigenvalue weighted by Gasteiger charge is 2.44. The van der Waals surface area contributed by atoms with Crippen LogP contribution in [0.4, 0.5) is 17.6 Å². The van der Waals surface area contributed by atoms with E-state index in [1.165, 1.54) is 0 Å². The SMILES string of the molecule is C=CCn1c(=O)c2ccc(Nc3ncc(-c4nc(C56CCN(CC5)CC6)no4)c(N[C@H](CO)c4ccccc4)n3)nc2n1C. The quantitative estimate of drug-likeness (QED) is 0.204. The molecule has 3 N–H and O–H groups in total. The Hall–Kier alpha value is -4.88. The maximum absolute atomic E-state index is 12.8. The predicted molar refractivity (Wildman–Crippen MR) is 166 cm³/mol. The number of piperidine rings is 3. The third-order valence-corrected chi connectivity index (χ3v) is 8.89. The number of fused-ring (bicyclic) bond motifs is 4. The van der Waals surface area contributed by atoms with Gasteiger partial charge in [0.25, 0.3) is 11.4 Å². The number of benzene rings is 1. The van der Waals surface area contributed by atoms with Crippen molar-refractivity contribution in [1.29, 1.82) is 0 Å². The van der Waals surface area contributed by atoms with E-state index in [9.17, 15) is 9.90 Å². The minimum absolute atomic E-state index is 0.0703. The zero-order valence-corrected chi connectivity index (χ0v) is 24.5. The van der Waals surface area contributed by atoms with Gasteiger partial charge in [-0.25, -0.2) is 14.6 Å². The predicted octanol–water partition coefficient (Wildman–Crippen LogP) is 3.39. The highest BCUT2D eigenvalue weighted by molar-refractivity contribution is 5.77. The number of aromatic nitrogens is 7. The van der Waals surface area contributed by atoms with E-state index < -0.39 is 6.04 Å². The normalized spacial score (nSPS) is 20.1. The smallest absolute Gasteiger partial charge is 0.276 e. The number of pyridine rings is 1. The molecule has 13 nitrogen and oxygen atoms in total. The van der Waals surface area contributed by atoms with Crippen molar-refractivity contribution in [2.75, 3.05) is 36.9 Å². The lowest BCUT2D eigenvalue weighted by atomic mass is 9.71. The molecule has 0 radical (unpaired) electrons.